The molecule has 1 aromatic heterocycles. The molecule has 0 radical (unpaired) electrons. The zero-order valence-electron chi connectivity index (χ0n) is 11.2. The monoisotopic (exact) mass is 341 g/mol. The summed E-state index contributed by atoms with van der Waals surface area (Å²) in [5.41, 5.74) is 3.38. The summed E-state index contributed by atoms with van der Waals surface area (Å²) in [5, 5.41) is 8.31. The van der Waals surface area contributed by atoms with Crippen molar-refractivity contribution in [1.82, 2.24) is 15.1 Å². The van der Waals surface area contributed by atoms with Crippen molar-refractivity contribution in [3.8, 4) is 0 Å². The Morgan fingerprint density at radius 2 is 2.21 bits per heavy atom. The van der Waals surface area contributed by atoms with Crippen LogP contribution in [0.25, 0.3) is 0 Å². The fourth-order valence-corrected chi connectivity index (χ4v) is 2.81. The van der Waals surface area contributed by atoms with E-state index in [-0.39, 0.29) is 6.04 Å². The molecule has 1 atom stereocenters. The molecule has 0 fully saturated rings. The Bertz CT molecular complexity index is 580. The second-order valence-electron chi connectivity index (χ2n) is 4.42. The Kier molecular flexibility index (Phi) is 4.66. The highest BCUT2D eigenvalue weighted by molar-refractivity contribution is 9.10. The van der Waals surface area contributed by atoms with Crippen LogP contribution in [0, 0.1) is 6.92 Å². The predicted octanol–water partition coefficient (Wildman–Crippen LogP) is 3.94. The molecule has 0 aliphatic heterocycles. The SMILES string of the molecule is CCn1ncc(Cl)c1C(NC)c1ccc(C)c(Br)c1. The molecule has 0 aliphatic rings. The molecule has 2 aromatic rings. The van der Waals surface area contributed by atoms with Gasteiger partial charge in [-0.1, -0.05) is 39.7 Å². The maximum atomic E-state index is 6.28. The smallest absolute Gasteiger partial charge is 0.0837 e. The lowest BCUT2D eigenvalue weighted by atomic mass is 10.0. The van der Waals surface area contributed by atoms with Gasteiger partial charge in [0.15, 0.2) is 0 Å². The number of rotatable bonds is 4. The first-order valence-corrected chi connectivity index (χ1v) is 7.40. The molecule has 1 N–H and O–H groups in total. The van der Waals surface area contributed by atoms with Crippen molar-refractivity contribution in [1.29, 1.82) is 0 Å². The lowest BCUT2D eigenvalue weighted by molar-refractivity contribution is 0.563. The van der Waals surface area contributed by atoms with E-state index in [2.05, 4.69) is 58.4 Å². The van der Waals surface area contributed by atoms with Crippen molar-refractivity contribution in [2.75, 3.05) is 7.05 Å². The fourth-order valence-electron chi connectivity index (χ4n) is 2.16. The van der Waals surface area contributed by atoms with Crippen LogP contribution in [0.1, 0.15) is 29.8 Å². The van der Waals surface area contributed by atoms with Gasteiger partial charge in [0.1, 0.15) is 0 Å². The van der Waals surface area contributed by atoms with Gasteiger partial charge in [-0.2, -0.15) is 5.10 Å². The molecular formula is C14H17BrClN3. The van der Waals surface area contributed by atoms with Crippen LogP contribution in [0.5, 0.6) is 0 Å². The average Bonchev–Trinajstić information content (AvgIpc) is 2.76. The Labute approximate surface area is 127 Å². The standard InChI is InChI=1S/C14H17BrClN3/c1-4-19-14(12(16)8-18-19)13(17-3)10-6-5-9(2)11(15)7-10/h5-8,13,17H,4H2,1-3H3. The Morgan fingerprint density at radius 3 is 2.79 bits per heavy atom. The van der Waals surface area contributed by atoms with Crippen molar-refractivity contribution < 1.29 is 0 Å². The van der Waals surface area contributed by atoms with Crippen LogP contribution in [0.2, 0.25) is 5.02 Å². The van der Waals surface area contributed by atoms with E-state index in [1.807, 2.05) is 11.7 Å². The highest BCUT2D eigenvalue weighted by Crippen LogP contribution is 2.30. The first-order valence-electron chi connectivity index (χ1n) is 6.23. The van der Waals surface area contributed by atoms with E-state index in [1.165, 1.54) is 5.56 Å². The Morgan fingerprint density at radius 1 is 1.47 bits per heavy atom. The maximum absolute atomic E-state index is 6.28. The van der Waals surface area contributed by atoms with E-state index in [4.69, 9.17) is 11.6 Å². The van der Waals surface area contributed by atoms with E-state index >= 15 is 0 Å². The van der Waals surface area contributed by atoms with Gasteiger partial charge in [0, 0.05) is 11.0 Å². The number of aryl methyl sites for hydroxylation is 2. The van der Waals surface area contributed by atoms with Crippen molar-refractivity contribution in [2.45, 2.75) is 26.4 Å². The van der Waals surface area contributed by atoms with Crippen molar-refractivity contribution >= 4 is 27.5 Å². The zero-order valence-corrected chi connectivity index (χ0v) is 13.6. The van der Waals surface area contributed by atoms with Crippen LogP contribution in [-0.4, -0.2) is 16.8 Å². The van der Waals surface area contributed by atoms with E-state index < -0.39 is 0 Å². The minimum absolute atomic E-state index is 0.0341. The van der Waals surface area contributed by atoms with Gasteiger partial charge in [-0.15, -0.1) is 0 Å². The van der Waals surface area contributed by atoms with E-state index in [1.54, 1.807) is 6.20 Å². The van der Waals surface area contributed by atoms with E-state index in [0.717, 1.165) is 22.3 Å². The molecule has 0 saturated carbocycles. The number of aromatic nitrogens is 2. The van der Waals surface area contributed by atoms with Crippen LogP contribution in [0.4, 0.5) is 0 Å². The minimum atomic E-state index is 0.0341. The molecule has 1 unspecified atom stereocenters. The van der Waals surface area contributed by atoms with Gasteiger partial charge in [0.25, 0.3) is 0 Å². The molecule has 1 heterocycles. The van der Waals surface area contributed by atoms with Crippen molar-refractivity contribution in [3.05, 3.63) is 50.7 Å². The van der Waals surface area contributed by atoms with Crippen molar-refractivity contribution in [2.24, 2.45) is 0 Å². The maximum Gasteiger partial charge on any atom is 0.0837 e. The zero-order chi connectivity index (χ0) is 14.0. The Balaban J connectivity index is 2.49. The van der Waals surface area contributed by atoms with Gasteiger partial charge in [-0.3, -0.25) is 4.68 Å². The second kappa shape index (κ2) is 6.07. The molecule has 0 saturated heterocycles. The number of nitrogens with zero attached hydrogens (tertiary/aromatic N) is 2. The fraction of sp³-hybridized carbons (Fsp3) is 0.357. The van der Waals surface area contributed by atoms with E-state index in [0.29, 0.717) is 5.02 Å². The molecule has 3 nitrogen and oxygen atoms in total. The highest BCUT2D eigenvalue weighted by Gasteiger charge is 2.20. The number of benzene rings is 1. The molecule has 19 heavy (non-hydrogen) atoms. The van der Waals surface area contributed by atoms with Crippen LogP contribution in [0.3, 0.4) is 0 Å². The number of halogens is 2. The molecule has 5 heteroatoms. The number of hydrogen-bond acceptors (Lipinski definition) is 2. The van der Waals surface area contributed by atoms with Gasteiger partial charge >= 0.3 is 0 Å². The highest BCUT2D eigenvalue weighted by atomic mass is 79.9. The summed E-state index contributed by atoms with van der Waals surface area (Å²) in [6.45, 7) is 4.93. The van der Waals surface area contributed by atoms with Gasteiger partial charge in [-0.25, -0.2) is 0 Å². The lowest BCUT2D eigenvalue weighted by Crippen LogP contribution is -2.21. The summed E-state index contributed by atoms with van der Waals surface area (Å²) in [7, 11) is 1.93. The molecule has 2 rings (SSSR count). The Hall–Kier alpha value is -0.840. The molecule has 0 spiro atoms. The normalized spacial score (nSPS) is 12.7. The van der Waals surface area contributed by atoms with Gasteiger partial charge < -0.3 is 5.32 Å². The predicted molar refractivity (Wildman–Crippen MR) is 82.7 cm³/mol. The second-order valence-corrected chi connectivity index (χ2v) is 5.69. The number of hydrogen-bond donors (Lipinski definition) is 1. The third-order valence-electron chi connectivity index (χ3n) is 3.22. The summed E-state index contributed by atoms with van der Waals surface area (Å²) in [6.07, 6.45) is 1.70. The third kappa shape index (κ3) is 2.86. The minimum Gasteiger partial charge on any atom is -0.308 e. The molecule has 1 aromatic carbocycles. The molecular weight excluding hydrogens is 326 g/mol. The quantitative estimate of drug-likeness (QED) is 0.912. The average molecular weight is 343 g/mol. The third-order valence-corrected chi connectivity index (χ3v) is 4.37. The summed E-state index contributed by atoms with van der Waals surface area (Å²) >= 11 is 9.86. The van der Waals surface area contributed by atoms with Crippen LogP contribution in [0.15, 0.2) is 28.9 Å². The van der Waals surface area contributed by atoms with Crippen LogP contribution >= 0.6 is 27.5 Å². The molecule has 0 aliphatic carbocycles. The molecule has 0 bridgehead atoms. The first kappa shape index (κ1) is 14.6. The first-order chi connectivity index (χ1) is 9.08. The molecule has 0 amide bonds. The summed E-state index contributed by atoms with van der Waals surface area (Å²) in [5.74, 6) is 0. The van der Waals surface area contributed by atoms with Gasteiger partial charge in [0.2, 0.25) is 0 Å². The van der Waals surface area contributed by atoms with Gasteiger partial charge in [0.05, 0.1) is 23.0 Å². The van der Waals surface area contributed by atoms with E-state index in [9.17, 15) is 0 Å². The lowest BCUT2D eigenvalue weighted by Gasteiger charge is -2.19. The van der Waals surface area contributed by atoms with Gasteiger partial charge in [-0.05, 0) is 38.1 Å². The summed E-state index contributed by atoms with van der Waals surface area (Å²) < 4.78 is 3.03. The van der Waals surface area contributed by atoms with Crippen LogP contribution in [-0.2, 0) is 6.54 Å². The molecule has 102 valence electrons. The topological polar surface area (TPSA) is 29.9 Å². The summed E-state index contributed by atoms with van der Waals surface area (Å²) in [4.78, 5) is 0. The van der Waals surface area contributed by atoms with Crippen molar-refractivity contribution in [3.63, 3.8) is 0 Å². The van der Waals surface area contributed by atoms with Crippen LogP contribution < -0.4 is 5.32 Å². The summed E-state index contributed by atoms with van der Waals surface area (Å²) in [6, 6.07) is 6.38. The largest absolute Gasteiger partial charge is 0.308 e. The number of nitrogens with one attached hydrogen (secondary N) is 1.